The van der Waals surface area contributed by atoms with Gasteiger partial charge in [-0.2, -0.15) is 0 Å². The molecule has 0 aliphatic rings. The number of nitrogens with one attached hydrogen (secondary N) is 1. The van der Waals surface area contributed by atoms with Gasteiger partial charge in [0.2, 0.25) is 5.91 Å². The average molecular weight is 447 g/mol. The van der Waals surface area contributed by atoms with E-state index >= 15 is 0 Å². The summed E-state index contributed by atoms with van der Waals surface area (Å²) >= 11 is 1.28. The van der Waals surface area contributed by atoms with Crippen LogP contribution in [0.3, 0.4) is 0 Å². The monoisotopic (exact) mass is 446 g/mol. The predicted octanol–water partition coefficient (Wildman–Crippen LogP) is 4.91. The molecule has 1 N–H and O–H groups in total. The molecule has 1 heterocycles. The standard InChI is InChI=1S/C25H23FN4OS/c26-22-16-8-7-15-21(22)24-28-29-25(30(24)20-13-5-2-6-14-20)32-18-23(31)27-17-9-12-19-10-3-1-4-11-19/h1-8,10-11,13-16H,9,12,17-18H2,(H,27,31). The second-order valence-corrected chi connectivity index (χ2v) is 8.13. The van der Waals surface area contributed by atoms with E-state index < -0.39 is 0 Å². The zero-order valence-corrected chi connectivity index (χ0v) is 18.3. The lowest BCUT2D eigenvalue weighted by Crippen LogP contribution is -2.26. The number of nitrogens with zero attached hydrogens (tertiary/aromatic N) is 3. The van der Waals surface area contributed by atoms with Crippen molar-refractivity contribution in [1.29, 1.82) is 0 Å². The quantitative estimate of drug-likeness (QED) is 0.293. The number of halogens is 1. The topological polar surface area (TPSA) is 59.8 Å². The molecule has 0 bridgehead atoms. The Morgan fingerprint density at radius 3 is 2.34 bits per heavy atom. The highest BCUT2D eigenvalue weighted by molar-refractivity contribution is 7.99. The van der Waals surface area contributed by atoms with Crippen LogP contribution in [-0.4, -0.2) is 33.0 Å². The van der Waals surface area contributed by atoms with Gasteiger partial charge in [0.15, 0.2) is 11.0 Å². The van der Waals surface area contributed by atoms with Crippen LogP contribution in [0.5, 0.6) is 0 Å². The van der Waals surface area contributed by atoms with E-state index in [2.05, 4.69) is 27.6 Å². The molecule has 7 heteroatoms. The molecule has 0 atom stereocenters. The van der Waals surface area contributed by atoms with Gasteiger partial charge >= 0.3 is 0 Å². The molecule has 3 aromatic carbocycles. The van der Waals surface area contributed by atoms with Crippen molar-refractivity contribution in [3.63, 3.8) is 0 Å². The molecule has 0 aliphatic heterocycles. The second-order valence-electron chi connectivity index (χ2n) is 7.18. The van der Waals surface area contributed by atoms with Crippen LogP contribution in [0.4, 0.5) is 4.39 Å². The smallest absolute Gasteiger partial charge is 0.230 e. The van der Waals surface area contributed by atoms with Gasteiger partial charge in [0, 0.05) is 12.2 Å². The van der Waals surface area contributed by atoms with E-state index in [9.17, 15) is 9.18 Å². The summed E-state index contributed by atoms with van der Waals surface area (Å²) in [5.41, 5.74) is 2.43. The number of amides is 1. The molecule has 0 spiro atoms. The minimum atomic E-state index is -0.371. The fraction of sp³-hybridized carbons (Fsp3) is 0.160. The Balaban J connectivity index is 1.42. The van der Waals surface area contributed by atoms with Gasteiger partial charge < -0.3 is 5.32 Å². The molecule has 32 heavy (non-hydrogen) atoms. The largest absolute Gasteiger partial charge is 0.355 e. The Morgan fingerprint density at radius 2 is 1.59 bits per heavy atom. The van der Waals surface area contributed by atoms with E-state index in [1.54, 1.807) is 22.8 Å². The minimum absolute atomic E-state index is 0.0712. The lowest BCUT2D eigenvalue weighted by molar-refractivity contribution is -0.118. The molecule has 5 nitrogen and oxygen atoms in total. The van der Waals surface area contributed by atoms with E-state index in [-0.39, 0.29) is 17.5 Å². The van der Waals surface area contributed by atoms with Crippen LogP contribution in [0.2, 0.25) is 0 Å². The first kappa shape index (κ1) is 21.8. The summed E-state index contributed by atoms with van der Waals surface area (Å²) in [6, 6.07) is 26.2. The maximum atomic E-state index is 14.4. The number of carbonyl (C=O) groups excluding carboxylic acids is 1. The Labute approximate surface area is 190 Å². The highest BCUT2D eigenvalue weighted by atomic mass is 32.2. The van der Waals surface area contributed by atoms with Gasteiger partial charge in [0.1, 0.15) is 5.82 Å². The number of aryl methyl sites for hydroxylation is 1. The van der Waals surface area contributed by atoms with Gasteiger partial charge in [-0.05, 0) is 42.7 Å². The van der Waals surface area contributed by atoms with E-state index in [1.807, 2.05) is 48.5 Å². The number of thioether (sulfide) groups is 1. The molecular weight excluding hydrogens is 423 g/mol. The van der Waals surface area contributed by atoms with Crippen LogP contribution >= 0.6 is 11.8 Å². The van der Waals surface area contributed by atoms with Crippen molar-refractivity contribution in [1.82, 2.24) is 20.1 Å². The van der Waals surface area contributed by atoms with Crippen molar-refractivity contribution in [2.24, 2.45) is 0 Å². The SMILES string of the molecule is O=C(CSc1nnc(-c2ccccc2F)n1-c1ccccc1)NCCCc1ccccc1. The van der Waals surface area contributed by atoms with Crippen molar-refractivity contribution < 1.29 is 9.18 Å². The summed E-state index contributed by atoms with van der Waals surface area (Å²) in [5, 5.41) is 12.0. The van der Waals surface area contributed by atoms with Gasteiger partial charge in [0.05, 0.1) is 11.3 Å². The summed E-state index contributed by atoms with van der Waals surface area (Å²) in [6.07, 6.45) is 1.79. The van der Waals surface area contributed by atoms with E-state index in [1.165, 1.54) is 23.4 Å². The van der Waals surface area contributed by atoms with Crippen molar-refractivity contribution in [2.45, 2.75) is 18.0 Å². The number of carbonyl (C=O) groups is 1. The fourth-order valence-electron chi connectivity index (χ4n) is 3.34. The van der Waals surface area contributed by atoms with Gasteiger partial charge in [-0.1, -0.05) is 72.4 Å². The zero-order valence-electron chi connectivity index (χ0n) is 17.4. The molecule has 0 fully saturated rings. The molecule has 0 radical (unpaired) electrons. The summed E-state index contributed by atoms with van der Waals surface area (Å²) in [5.74, 6) is 0.163. The van der Waals surface area contributed by atoms with Crippen molar-refractivity contribution in [2.75, 3.05) is 12.3 Å². The number of hydrogen-bond donors (Lipinski definition) is 1. The zero-order chi connectivity index (χ0) is 22.2. The molecule has 162 valence electrons. The lowest BCUT2D eigenvalue weighted by Gasteiger charge is -2.11. The number of aromatic nitrogens is 3. The third-order valence-corrected chi connectivity index (χ3v) is 5.83. The number of rotatable bonds is 9. The number of para-hydroxylation sites is 1. The normalized spacial score (nSPS) is 10.8. The first-order chi connectivity index (χ1) is 15.7. The van der Waals surface area contributed by atoms with Crippen molar-refractivity contribution >= 4 is 17.7 Å². The van der Waals surface area contributed by atoms with Gasteiger partial charge in [-0.15, -0.1) is 10.2 Å². The minimum Gasteiger partial charge on any atom is -0.355 e. The summed E-state index contributed by atoms with van der Waals surface area (Å²) in [6.45, 7) is 0.611. The van der Waals surface area contributed by atoms with Crippen LogP contribution in [-0.2, 0) is 11.2 Å². The van der Waals surface area contributed by atoms with E-state index in [0.717, 1.165) is 18.5 Å². The van der Waals surface area contributed by atoms with Crippen molar-refractivity contribution in [3.05, 3.63) is 96.3 Å². The Kier molecular flexibility index (Phi) is 7.30. The molecule has 4 rings (SSSR count). The lowest BCUT2D eigenvalue weighted by atomic mass is 10.1. The van der Waals surface area contributed by atoms with E-state index in [4.69, 9.17) is 0 Å². The van der Waals surface area contributed by atoms with Crippen LogP contribution in [0.1, 0.15) is 12.0 Å². The molecule has 0 saturated heterocycles. The van der Waals surface area contributed by atoms with Gasteiger partial charge in [-0.3, -0.25) is 9.36 Å². The summed E-state index contributed by atoms with van der Waals surface area (Å²) < 4.78 is 16.2. The fourth-order valence-corrected chi connectivity index (χ4v) is 4.12. The molecule has 0 unspecified atom stereocenters. The van der Waals surface area contributed by atoms with Crippen LogP contribution < -0.4 is 5.32 Å². The third kappa shape index (κ3) is 5.42. The van der Waals surface area contributed by atoms with Crippen LogP contribution in [0.25, 0.3) is 17.1 Å². The first-order valence-corrected chi connectivity index (χ1v) is 11.4. The maximum absolute atomic E-state index is 14.4. The van der Waals surface area contributed by atoms with Crippen molar-refractivity contribution in [3.8, 4) is 17.1 Å². The van der Waals surface area contributed by atoms with E-state index in [0.29, 0.717) is 23.1 Å². The number of hydrogen-bond acceptors (Lipinski definition) is 4. The Morgan fingerprint density at radius 1 is 0.906 bits per heavy atom. The van der Waals surface area contributed by atoms with Gasteiger partial charge in [0.25, 0.3) is 0 Å². The Bertz CT molecular complexity index is 1170. The highest BCUT2D eigenvalue weighted by Crippen LogP contribution is 2.29. The second kappa shape index (κ2) is 10.7. The molecule has 1 amide bonds. The highest BCUT2D eigenvalue weighted by Gasteiger charge is 2.19. The Hall–Kier alpha value is -3.45. The maximum Gasteiger partial charge on any atom is 0.230 e. The van der Waals surface area contributed by atoms with Crippen LogP contribution in [0.15, 0.2) is 90.1 Å². The average Bonchev–Trinajstić information content (AvgIpc) is 3.26. The van der Waals surface area contributed by atoms with Gasteiger partial charge in [-0.25, -0.2) is 4.39 Å². The predicted molar refractivity (Wildman–Crippen MR) is 125 cm³/mol. The first-order valence-electron chi connectivity index (χ1n) is 10.4. The molecule has 4 aromatic rings. The summed E-state index contributed by atoms with van der Waals surface area (Å²) in [7, 11) is 0. The molecule has 1 aromatic heterocycles. The third-order valence-electron chi connectivity index (χ3n) is 4.90. The number of benzene rings is 3. The van der Waals surface area contributed by atoms with Crippen LogP contribution in [0, 0.1) is 5.82 Å². The molecule has 0 saturated carbocycles. The summed E-state index contributed by atoms with van der Waals surface area (Å²) in [4.78, 5) is 12.4. The molecular formula is C25H23FN4OS. The molecule has 0 aliphatic carbocycles.